The molecule has 6 heteroatoms. The summed E-state index contributed by atoms with van der Waals surface area (Å²) in [6, 6.07) is 0. The molecule has 1 aliphatic rings. The molecule has 0 aliphatic carbocycles. The number of hydrogen-bond acceptors (Lipinski definition) is 5. The number of carboxylic acid groups (broad SMARTS) is 1. The maximum atomic E-state index is 11.2. The standard InChI is InChI=1S/C13H21N3O2S/c1-2-4-10-12(13(17)18)19-11(15-10)9-16-7-3-5-14-6-8-16/h14H,2-9H2,1H3,(H,17,18). The molecule has 0 saturated carbocycles. The number of thiazole rings is 1. The molecule has 2 rings (SSSR count). The molecule has 1 saturated heterocycles. The minimum absolute atomic E-state index is 0.421. The molecular weight excluding hydrogens is 262 g/mol. The molecule has 2 N–H and O–H groups in total. The van der Waals surface area contributed by atoms with Gasteiger partial charge in [-0.15, -0.1) is 11.3 Å². The average molecular weight is 283 g/mol. The van der Waals surface area contributed by atoms with Crippen LogP contribution in [0.5, 0.6) is 0 Å². The van der Waals surface area contributed by atoms with Gasteiger partial charge in [-0.2, -0.15) is 0 Å². The van der Waals surface area contributed by atoms with Crippen molar-refractivity contribution in [1.82, 2.24) is 15.2 Å². The number of carboxylic acids is 1. The van der Waals surface area contributed by atoms with Crippen LogP contribution in [0.3, 0.4) is 0 Å². The minimum Gasteiger partial charge on any atom is -0.477 e. The van der Waals surface area contributed by atoms with Crippen molar-refractivity contribution in [2.45, 2.75) is 32.7 Å². The molecule has 0 spiro atoms. The van der Waals surface area contributed by atoms with E-state index >= 15 is 0 Å². The van der Waals surface area contributed by atoms with Gasteiger partial charge in [0.25, 0.3) is 0 Å². The molecule has 0 radical (unpaired) electrons. The van der Waals surface area contributed by atoms with Crippen molar-refractivity contribution < 1.29 is 9.90 Å². The molecule has 0 aromatic carbocycles. The summed E-state index contributed by atoms with van der Waals surface area (Å²) in [5.41, 5.74) is 0.753. The Morgan fingerprint density at radius 2 is 2.32 bits per heavy atom. The molecule has 1 aromatic rings. The SMILES string of the molecule is CCCc1nc(CN2CCCNCC2)sc1C(=O)O. The monoisotopic (exact) mass is 283 g/mol. The van der Waals surface area contributed by atoms with Gasteiger partial charge in [-0.1, -0.05) is 13.3 Å². The fourth-order valence-corrected chi connectivity index (χ4v) is 3.28. The van der Waals surface area contributed by atoms with Crippen LogP contribution in [-0.4, -0.2) is 47.1 Å². The van der Waals surface area contributed by atoms with Crippen molar-refractivity contribution in [3.05, 3.63) is 15.6 Å². The van der Waals surface area contributed by atoms with Crippen molar-refractivity contribution >= 4 is 17.3 Å². The van der Waals surface area contributed by atoms with Crippen LogP contribution in [0.1, 0.15) is 40.1 Å². The first kappa shape index (κ1) is 14.4. The van der Waals surface area contributed by atoms with Crippen molar-refractivity contribution in [2.75, 3.05) is 26.2 Å². The molecular formula is C13H21N3O2S. The third-order valence-electron chi connectivity index (χ3n) is 3.21. The fraction of sp³-hybridized carbons (Fsp3) is 0.692. The van der Waals surface area contributed by atoms with Gasteiger partial charge in [0.05, 0.1) is 12.2 Å². The van der Waals surface area contributed by atoms with Crippen LogP contribution in [0.15, 0.2) is 0 Å². The predicted molar refractivity (Wildman–Crippen MR) is 75.8 cm³/mol. The molecule has 1 aliphatic heterocycles. The number of rotatable bonds is 5. The normalized spacial score (nSPS) is 17.3. The van der Waals surface area contributed by atoms with E-state index in [0.29, 0.717) is 4.88 Å². The Balaban J connectivity index is 2.06. The number of nitrogens with one attached hydrogen (secondary N) is 1. The first-order valence-corrected chi connectivity index (χ1v) is 7.67. The zero-order valence-electron chi connectivity index (χ0n) is 11.3. The summed E-state index contributed by atoms with van der Waals surface area (Å²) in [4.78, 5) is 18.5. The summed E-state index contributed by atoms with van der Waals surface area (Å²) < 4.78 is 0. The number of aryl methyl sites for hydroxylation is 1. The minimum atomic E-state index is -0.843. The average Bonchev–Trinajstić information content (AvgIpc) is 2.59. The summed E-state index contributed by atoms with van der Waals surface area (Å²) in [5.74, 6) is -0.843. The molecule has 19 heavy (non-hydrogen) atoms. The fourth-order valence-electron chi connectivity index (χ4n) is 2.29. The van der Waals surface area contributed by atoms with Crippen molar-refractivity contribution in [2.24, 2.45) is 0 Å². The highest BCUT2D eigenvalue weighted by molar-refractivity contribution is 7.13. The lowest BCUT2D eigenvalue weighted by Gasteiger charge is -2.17. The summed E-state index contributed by atoms with van der Waals surface area (Å²) in [7, 11) is 0. The van der Waals surface area contributed by atoms with E-state index in [4.69, 9.17) is 0 Å². The largest absolute Gasteiger partial charge is 0.477 e. The molecule has 0 atom stereocenters. The summed E-state index contributed by atoms with van der Waals surface area (Å²) >= 11 is 1.34. The van der Waals surface area contributed by atoms with Gasteiger partial charge in [-0.25, -0.2) is 9.78 Å². The van der Waals surface area contributed by atoms with Gasteiger partial charge in [-0.3, -0.25) is 4.90 Å². The molecule has 1 fully saturated rings. The highest BCUT2D eigenvalue weighted by atomic mass is 32.1. The molecule has 0 amide bonds. The van der Waals surface area contributed by atoms with Crippen molar-refractivity contribution in [1.29, 1.82) is 0 Å². The second kappa shape index (κ2) is 6.98. The third-order valence-corrected chi connectivity index (χ3v) is 4.28. The lowest BCUT2D eigenvalue weighted by atomic mass is 10.2. The Bertz CT molecular complexity index is 426. The van der Waals surface area contributed by atoms with E-state index in [9.17, 15) is 9.90 Å². The van der Waals surface area contributed by atoms with E-state index in [1.807, 2.05) is 6.92 Å². The van der Waals surface area contributed by atoms with Crippen LogP contribution in [0.2, 0.25) is 0 Å². The Labute approximate surface area is 117 Å². The molecule has 0 unspecified atom stereocenters. The number of hydrogen-bond donors (Lipinski definition) is 2. The van der Waals surface area contributed by atoms with Gasteiger partial charge in [0.1, 0.15) is 9.88 Å². The van der Waals surface area contributed by atoms with Gasteiger partial charge < -0.3 is 10.4 Å². The van der Waals surface area contributed by atoms with Crippen LogP contribution in [0, 0.1) is 0 Å². The third kappa shape index (κ3) is 3.99. The van der Waals surface area contributed by atoms with E-state index in [1.165, 1.54) is 11.3 Å². The van der Waals surface area contributed by atoms with Crippen molar-refractivity contribution in [3.8, 4) is 0 Å². The first-order chi connectivity index (χ1) is 9.20. The molecule has 0 bridgehead atoms. The second-order valence-corrected chi connectivity index (χ2v) is 5.90. The van der Waals surface area contributed by atoms with Crippen LogP contribution in [-0.2, 0) is 13.0 Å². The summed E-state index contributed by atoms with van der Waals surface area (Å²) in [5, 5.41) is 13.5. The highest BCUT2D eigenvalue weighted by Crippen LogP contribution is 2.21. The first-order valence-electron chi connectivity index (χ1n) is 6.85. The highest BCUT2D eigenvalue weighted by Gasteiger charge is 2.18. The number of aromatic carboxylic acids is 1. The van der Waals surface area contributed by atoms with E-state index in [2.05, 4.69) is 15.2 Å². The van der Waals surface area contributed by atoms with Gasteiger partial charge in [-0.05, 0) is 25.9 Å². The van der Waals surface area contributed by atoms with E-state index in [-0.39, 0.29) is 0 Å². The smallest absolute Gasteiger partial charge is 0.347 e. The Morgan fingerprint density at radius 1 is 1.47 bits per heavy atom. The molecule has 106 valence electrons. The van der Waals surface area contributed by atoms with Crippen LogP contribution >= 0.6 is 11.3 Å². The Hall–Kier alpha value is -0.980. The molecule has 5 nitrogen and oxygen atoms in total. The predicted octanol–water partition coefficient (Wildman–Crippen LogP) is 1.59. The lowest BCUT2D eigenvalue weighted by molar-refractivity contribution is 0.0700. The lowest BCUT2D eigenvalue weighted by Crippen LogP contribution is -2.27. The van der Waals surface area contributed by atoms with Gasteiger partial charge in [0.15, 0.2) is 0 Å². The van der Waals surface area contributed by atoms with Gasteiger partial charge >= 0.3 is 5.97 Å². The van der Waals surface area contributed by atoms with Crippen LogP contribution in [0.25, 0.3) is 0 Å². The maximum absolute atomic E-state index is 11.2. The molecule has 1 aromatic heterocycles. The number of nitrogens with zero attached hydrogens (tertiary/aromatic N) is 2. The quantitative estimate of drug-likeness (QED) is 0.859. The van der Waals surface area contributed by atoms with Crippen LogP contribution < -0.4 is 5.32 Å². The summed E-state index contributed by atoms with van der Waals surface area (Å²) in [6.45, 7) is 6.94. The zero-order chi connectivity index (χ0) is 13.7. The maximum Gasteiger partial charge on any atom is 0.347 e. The van der Waals surface area contributed by atoms with Crippen molar-refractivity contribution in [3.63, 3.8) is 0 Å². The Kier molecular flexibility index (Phi) is 5.30. The number of carbonyl (C=O) groups is 1. The second-order valence-electron chi connectivity index (χ2n) is 4.82. The van der Waals surface area contributed by atoms with Gasteiger partial charge in [0.2, 0.25) is 0 Å². The summed E-state index contributed by atoms with van der Waals surface area (Å²) in [6.07, 6.45) is 2.82. The zero-order valence-corrected chi connectivity index (χ0v) is 12.1. The van der Waals surface area contributed by atoms with E-state index < -0.39 is 5.97 Å². The molecule has 2 heterocycles. The van der Waals surface area contributed by atoms with E-state index in [1.54, 1.807) is 0 Å². The topological polar surface area (TPSA) is 65.5 Å². The Morgan fingerprint density at radius 3 is 3.05 bits per heavy atom. The van der Waals surface area contributed by atoms with E-state index in [0.717, 1.165) is 62.7 Å². The number of aromatic nitrogens is 1. The van der Waals surface area contributed by atoms with Crippen LogP contribution in [0.4, 0.5) is 0 Å². The van der Waals surface area contributed by atoms with Gasteiger partial charge in [0, 0.05) is 13.1 Å².